The lowest BCUT2D eigenvalue weighted by Gasteiger charge is -2.39. The molecule has 2 atom stereocenters. The number of hydrogen-bond donors (Lipinski definition) is 2. The third-order valence-corrected chi connectivity index (χ3v) is 3.21. The number of nitrogens with zero attached hydrogens (tertiary/aromatic N) is 1. The fraction of sp³-hybridized carbons (Fsp3) is 0.818. The summed E-state index contributed by atoms with van der Waals surface area (Å²) in [6.07, 6.45) is 0.811. The maximum absolute atomic E-state index is 11.9. The Hall–Kier alpha value is -0.720. The van der Waals surface area contributed by atoms with Crippen LogP contribution in [0.5, 0.6) is 0 Å². The topological polar surface area (TPSA) is 67.6 Å². The summed E-state index contributed by atoms with van der Waals surface area (Å²) >= 11 is 5.06. The van der Waals surface area contributed by atoms with Crippen molar-refractivity contribution in [1.82, 2.24) is 10.2 Å². The molecule has 0 aromatic rings. The summed E-state index contributed by atoms with van der Waals surface area (Å²) in [6.45, 7) is 6.26. The van der Waals surface area contributed by atoms with Gasteiger partial charge in [0, 0.05) is 13.1 Å². The fourth-order valence-corrected chi connectivity index (χ4v) is 2.41. The molecule has 0 aliphatic carbocycles. The van der Waals surface area contributed by atoms with Crippen molar-refractivity contribution in [3.05, 3.63) is 0 Å². The minimum atomic E-state index is -0.282. The van der Waals surface area contributed by atoms with Crippen molar-refractivity contribution in [2.45, 2.75) is 32.4 Å². The highest BCUT2D eigenvalue weighted by atomic mass is 32.1. The van der Waals surface area contributed by atoms with Gasteiger partial charge in [-0.25, -0.2) is 0 Å². The van der Waals surface area contributed by atoms with E-state index in [9.17, 15) is 4.79 Å². The molecule has 1 amide bonds. The van der Waals surface area contributed by atoms with Gasteiger partial charge in [0.05, 0.1) is 24.2 Å². The highest BCUT2D eigenvalue weighted by Gasteiger charge is 2.34. The Labute approximate surface area is 108 Å². The van der Waals surface area contributed by atoms with Gasteiger partial charge in [-0.1, -0.05) is 19.1 Å². The van der Waals surface area contributed by atoms with Crippen LogP contribution in [-0.2, 0) is 9.53 Å². The van der Waals surface area contributed by atoms with E-state index >= 15 is 0 Å². The largest absolute Gasteiger partial charge is 0.392 e. The van der Waals surface area contributed by atoms with Crippen molar-refractivity contribution in [2.75, 3.05) is 26.3 Å². The van der Waals surface area contributed by atoms with Crippen molar-refractivity contribution in [1.29, 1.82) is 0 Å². The number of carbonyl (C=O) groups excluding carboxylic acids is 1. The second kappa shape index (κ2) is 6.88. The van der Waals surface area contributed by atoms with Gasteiger partial charge in [0.25, 0.3) is 0 Å². The molecule has 3 N–H and O–H groups in total. The lowest BCUT2D eigenvalue weighted by atomic mass is 10.1. The minimum Gasteiger partial charge on any atom is -0.392 e. The molecule has 2 unspecified atom stereocenters. The number of rotatable bonds is 5. The third kappa shape index (κ3) is 3.62. The van der Waals surface area contributed by atoms with E-state index in [4.69, 9.17) is 22.7 Å². The van der Waals surface area contributed by atoms with Gasteiger partial charge < -0.3 is 15.8 Å². The van der Waals surface area contributed by atoms with Gasteiger partial charge in [0.15, 0.2) is 0 Å². The monoisotopic (exact) mass is 259 g/mol. The Morgan fingerprint density at radius 1 is 1.65 bits per heavy atom. The summed E-state index contributed by atoms with van der Waals surface area (Å²) in [5, 5.41) is 2.82. The number of morpholine rings is 1. The van der Waals surface area contributed by atoms with Gasteiger partial charge in [0.2, 0.25) is 5.91 Å². The van der Waals surface area contributed by atoms with Gasteiger partial charge in [0.1, 0.15) is 6.04 Å². The molecule has 0 saturated carbocycles. The van der Waals surface area contributed by atoms with Crippen molar-refractivity contribution >= 4 is 23.1 Å². The molecule has 0 radical (unpaired) electrons. The van der Waals surface area contributed by atoms with Crippen molar-refractivity contribution in [3.63, 3.8) is 0 Å². The molecule has 6 heteroatoms. The van der Waals surface area contributed by atoms with Gasteiger partial charge in [-0.15, -0.1) is 0 Å². The molecule has 1 aliphatic heterocycles. The molecule has 1 fully saturated rings. The smallest absolute Gasteiger partial charge is 0.239 e. The van der Waals surface area contributed by atoms with E-state index in [0.29, 0.717) is 31.3 Å². The summed E-state index contributed by atoms with van der Waals surface area (Å²) in [5.41, 5.74) is 5.73. The molecule has 0 bridgehead atoms. The number of nitrogens with two attached hydrogens (primary N) is 1. The number of thiocarbonyl (C=S) groups is 1. The first-order valence-corrected chi connectivity index (χ1v) is 6.43. The Bertz CT molecular complexity index is 286. The van der Waals surface area contributed by atoms with Crippen LogP contribution in [0, 0.1) is 0 Å². The zero-order chi connectivity index (χ0) is 12.8. The number of nitrogens with one attached hydrogen (secondary N) is 1. The van der Waals surface area contributed by atoms with Crippen LogP contribution in [-0.4, -0.2) is 54.2 Å². The second-order valence-electron chi connectivity index (χ2n) is 4.05. The molecular formula is C11H21N3O2S. The van der Waals surface area contributed by atoms with Crippen LogP contribution in [0.25, 0.3) is 0 Å². The van der Waals surface area contributed by atoms with Gasteiger partial charge >= 0.3 is 0 Å². The number of hydrogen-bond acceptors (Lipinski definition) is 4. The van der Waals surface area contributed by atoms with Crippen LogP contribution in [0.3, 0.4) is 0 Å². The lowest BCUT2D eigenvalue weighted by Crippen LogP contribution is -2.59. The SMILES string of the molecule is CCNC(=O)C1COCCN1C(CC)C(N)=S. The quantitative estimate of drug-likeness (QED) is 0.674. The molecule has 1 rings (SSSR count). The zero-order valence-electron chi connectivity index (χ0n) is 10.4. The van der Waals surface area contributed by atoms with E-state index < -0.39 is 0 Å². The first kappa shape index (κ1) is 14.3. The van der Waals surface area contributed by atoms with E-state index in [0.717, 1.165) is 6.42 Å². The van der Waals surface area contributed by atoms with Crippen LogP contribution in [0.15, 0.2) is 0 Å². The molecule has 0 aromatic carbocycles. The maximum Gasteiger partial charge on any atom is 0.239 e. The zero-order valence-corrected chi connectivity index (χ0v) is 11.3. The molecule has 1 saturated heterocycles. The number of carbonyl (C=O) groups is 1. The van der Waals surface area contributed by atoms with Crippen LogP contribution in [0.1, 0.15) is 20.3 Å². The molecule has 98 valence electrons. The Kier molecular flexibility index (Phi) is 5.80. The molecule has 1 heterocycles. The minimum absolute atomic E-state index is 0.0121. The summed E-state index contributed by atoms with van der Waals surface area (Å²) in [6, 6.07) is -0.309. The predicted molar refractivity (Wildman–Crippen MR) is 70.9 cm³/mol. The summed E-state index contributed by atoms with van der Waals surface area (Å²) in [5.74, 6) is -0.0121. The molecule has 5 nitrogen and oxygen atoms in total. The van der Waals surface area contributed by atoms with Crippen LogP contribution < -0.4 is 11.1 Å². The van der Waals surface area contributed by atoms with E-state index in [-0.39, 0.29) is 18.0 Å². The normalized spacial score (nSPS) is 23.1. The van der Waals surface area contributed by atoms with Gasteiger partial charge in [-0.3, -0.25) is 9.69 Å². The average molecular weight is 259 g/mol. The number of amides is 1. The standard InChI is InChI=1S/C11H21N3O2S/c1-3-8(10(12)17)14-5-6-16-7-9(14)11(15)13-4-2/h8-9H,3-7H2,1-2H3,(H2,12,17)(H,13,15). The van der Waals surface area contributed by atoms with E-state index in [1.165, 1.54) is 0 Å². The fourth-order valence-electron chi connectivity index (χ4n) is 2.11. The van der Waals surface area contributed by atoms with Crippen molar-refractivity contribution < 1.29 is 9.53 Å². The Balaban J connectivity index is 2.77. The Morgan fingerprint density at radius 3 is 2.88 bits per heavy atom. The molecule has 1 aliphatic rings. The number of likely N-dealkylation sites (N-methyl/N-ethyl adjacent to an activating group) is 1. The highest BCUT2D eigenvalue weighted by molar-refractivity contribution is 7.80. The highest BCUT2D eigenvalue weighted by Crippen LogP contribution is 2.14. The van der Waals surface area contributed by atoms with Crippen LogP contribution >= 0.6 is 12.2 Å². The third-order valence-electron chi connectivity index (χ3n) is 2.94. The lowest BCUT2D eigenvalue weighted by molar-refractivity contribution is -0.133. The summed E-state index contributed by atoms with van der Waals surface area (Å²) in [7, 11) is 0. The van der Waals surface area contributed by atoms with Gasteiger partial charge in [-0.05, 0) is 13.3 Å². The average Bonchev–Trinajstić information content (AvgIpc) is 2.30. The second-order valence-corrected chi connectivity index (χ2v) is 4.52. The summed E-state index contributed by atoms with van der Waals surface area (Å²) in [4.78, 5) is 14.4. The first-order chi connectivity index (χ1) is 8.11. The van der Waals surface area contributed by atoms with Crippen LogP contribution in [0.2, 0.25) is 0 Å². The molecular weight excluding hydrogens is 238 g/mol. The predicted octanol–water partition coefficient (Wildman–Crippen LogP) is -0.112. The molecule has 0 spiro atoms. The van der Waals surface area contributed by atoms with Crippen molar-refractivity contribution in [2.24, 2.45) is 5.73 Å². The van der Waals surface area contributed by atoms with E-state index in [1.54, 1.807) is 0 Å². The van der Waals surface area contributed by atoms with Gasteiger partial charge in [-0.2, -0.15) is 0 Å². The Morgan fingerprint density at radius 2 is 2.35 bits per heavy atom. The first-order valence-electron chi connectivity index (χ1n) is 6.02. The van der Waals surface area contributed by atoms with E-state index in [1.807, 2.05) is 13.8 Å². The summed E-state index contributed by atoms with van der Waals surface area (Å²) < 4.78 is 5.37. The van der Waals surface area contributed by atoms with Crippen molar-refractivity contribution in [3.8, 4) is 0 Å². The maximum atomic E-state index is 11.9. The van der Waals surface area contributed by atoms with Crippen LogP contribution in [0.4, 0.5) is 0 Å². The number of ether oxygens (including phenoxy) is 1. The molecule has 0 aromatic heterocycles. The van der Waals surface area contributed by atoms with E-state index in [2.05, 4.69) is 10.2 Å². The molecule has 17 heavy (non-hydrogen) atoms.